The van der Waals surface area contributed by atoms with Crippen molar-refractivity contribution in [2.75, 3.05) is 0 Å². The van der Waals surface area contributed by atoms with Crippen molar-refractivity contribution in [1.82, 2.24) is 29.9 Å². The molecule has 110 heavy (non-hydrogen) atoms. The zero-order valence-corrected chi connectivity index (χ0v) is 63.9. The summed E-state index contributed by atoms with van der Waals surface area (Å²) in [6, 6.07) is 140. The zero-order valence-electron chi connectivity index (χ0n) is 59.1. The second kappa shape index (κ2) is 32.5. The number of hydrogen-bond donors (Lipinski definition) is 0. The Balaban J connectivity index is 0.00000460. The summed E-state index contributed by atoms with van der Waals surface area (Å²) in [5, 5.41) is 0. The van der Waals surface area contributed by atoms with Crippen molar-refractivity contribution in [1.29, 1.82) is 0 Å². The van der Waals surface area contributed by atoms with Gasteiger partial charge in [-0.1, -0.05) is 261 Å². The molecular weight excluding hydrogens is 1690 g/mol. The minimum atomic E-state index is 0. The van der Waals surface area contributed by atoms with Gasteiger partial charge < -0.3 is 29.9 Å². The summed E-state index contributed by atoms with van der Waals surface area (Å²) >= 11 is 0. The Kier molecular flexibility index (Phi) is 21.0. The minimum absolute atomic E-state index is 0. The van der Waals surface area contributed by atoms with E-state index in [2.05, 4.69) is 311 Å². The molecule has 0 saturated heterocycles. The average Bonchev–Trinajstić information content (AvgIpc) is 0.771. The first-order valence-electron chi connectivity index (χ1n) is 35.9. The summed E-state index contributed by atoms with van der Waals surface area (Å²) in [6.07, 6.45) is 11.1. The number of hydrogen-bond acceptors (Lipinski definition) is 6. The predicted octanol–water partition coefficient (Wildman–Crippen LogP) is 25.2. The molecule has 0 saturated carbocycles. The number of pyridine rings is 6. The van der Waals surface area contributed by atoms with Gasteiger partial charge in [-0.15, -0.1) is 131 Å². The fourth-order valence-corrected chi connectivity index (χ4v) is 14.5. The summed E-state index contributed by atoms with van der Waals surface area (Å²) in [6.45, 7) is 0. The molecule has 0 aliphatic carbocycles. The van der Waals surface area contributed by atoms with Gasteiger partial charge in [0.25, 0.3) is 0 Å². The molecule has 0 aliphatic rings. The average molecular weight is 1760 g/mol. The first-order valence-corrected chi connectivity index (χ1v) is 35.9. The van der Waals surface area contributed by atoms with Crippen LogP contribution in [0.15, 0.2) is 377 Å². The molecule has 0 unspecified atom stereocenters. The Hall–Kier alpha value is -13.2. The van der Waals surface area contributed by atoms with E-state index in [9.17, 15) is 0 Å². The zero-order chi connectivity index (χ0) is 72.0. The fraction of sp³-hybridized carbons (Fsp3) is 0. The van der Waals surface area contributed by atoms with E-state index in [4.69, 9.17) is 9.97 Å². The Bertz CT molecular complexity index is 5550. The maximum atomic E-state index is 5.10. The molecule has 18 aromatic rings. The van der Waals surface area contributed by atoms with Crippen LogP contribution in [-0.2, 0) is 40.2 Å². The molecule has 12 aromatic carbocycles. The van der Waals surface area contributed by atoms with Crippen LogP contribution in [0.1, 0.15) is 0 Å². The summed E-state index contributed by atoms with van der Waals surface area (Å²) in [4.78, 5) is 28.6. The van der Waals surface area contributed by atoms with Crippen LogP contribution in [0.4, 0.5) is 0 Å². The summed E-state index contributed by atoms with van der Waals surface area (Å²) in [5.74, 6) is 0. The molecule has 0 spiro atoms. The quantitative estimate of drug-likeness (QED) is 0.0846. The predicted molar refractivity (Wildman–Crippen MR) is 439 cm³/mol. The van der Waals surface area contributed by atoms with Crippen molar-refractivity contribution in [3.05, 3.63) is 413 Å². The first kappa shape index (κ1) is 71.1. The molecule has 6 heterocycles. The molecule has 0 N–H and O–H groups in total. The Morgan fingerprint density at radius 3 is 0.527 bits per heavy atom. The van der Waals surface area contributed by atoms with Crippen LogP contribution >= 0.6 is 0 Å². The second-order valence-electron chi connectivity index (χ2n) is 26.4. The molecule has 0 bridgehead atoms. The van der Waals surface area contributed by atoms with Crippen molar-refractivity contribution < 1.29 is 40.2 Å². The van der Waals surface area contributed by atoms with Gasteiger partial charge in [-0.2, -0.15) is 12.1 Å². The SMILES string of the molecule is [Ir+3].[Ir+3].[c-]1cc(-c2ccccc2-c2cc(-c3ccccc3-c3c[c-]c(-c4ccccn4)cc3)cc(-c3ccccc3-c3c[c-]c(-c4[c-]cc(-c5ccccc5-c5cc(-c6ccccc6-c6c[c-]c(-c7ccccn7)cc6)cc(-c6ccccc6-c6c[c-]c(-c7ccccn7)cc6)c5)cn4)nc3)c2)ccc1-c1ccccn1. The van der Waals surface area contributed by atoms with Gasteiger partial charge in [-0.05, 0) is 163 Å². The molecule has 0 fully saturated rings. The minimum Gasteiger partial charge on any atom is -0.357 e. The Morgan fingerprint density at radius 2 is 0.355 bits per heavy atom. The standard InChI is InChI=1S/C102H62N6.2Ir/c1-7-27-91(85(21-1)69-37-45-73(46-38-69)97-33-13-17-57-103-97)79-61-80(92-28-8-2-22-86(92)70-39-47-74(48-40-70)98-34-14-18-58-104-98)64-83(63-79)95-31-11-5-25-89(95)77-53-55-101(107-67-77)102-56-54-78(68-108-102)90-26-6-12-32-96(90)84-65-81(93-29-9-3-23-87(93)71-41-49-75(50-42-71)99-35-15-19-59-105-99)62-82(66-84)94-30-10-4-24-88(94)72-43-51-76(52-44-72)100-36-16-20-60-106-100;;/h1-45,47,49,51,53-54,57-68H;;/q-6;2*+3. The van der Waals surface area contributed by atoms with Gasteiger partial charge >= 0.3 is 40.2 Å². The third-order valence-electron chi connectivity index (χ3n) is 19.8. The van der Waals surface area contributed by atoms with E-state index >= 15 is 0 Å². The third kappa shape index (κ3) is 14.9. The summed E-state index contributed by atoms with van der Waals surface area (Å²) in [7, 11) is 0. The van der Waals surface area contributed by atoms with Gasteiger partial charge in [0.2, 0.25) is 0 Å². The number of aromatic nitrogens is 6. The fourth-order valence-electron chi connectivity index (χ4n) is 14.5. The number of nitrogens with zero attached hydrogens (tertiary/aromatic N) is 6. The molecule has 18 rings (SSSR count). The smallest absolute Gasteiger partial charge is 0.357 e. The van der Waals surface area contributed by atoms with Gasteiger partial charge in [-0.25, -0.2) is 12.1 Å². The number of rotatable bonds is 17. The van der Waals surface area contributed by atoms with Crippen LogP contribution in [0.2, 0.25) is 0 Å². The Labute approximate surface area is 668 Å². The molecule has 6 nitrogen and oxygen atoms in total. The van der Waals surface area contributed by atoms with Gasteiger partial charge in [0, 0.05) is 24.8 Å². The molecule has 8 heteroatoms. The van der Waals surface area contributed by atoms with Gasteiger partial charge in [0.15, 0.2) is 0 Å². The monoisotopic (exact) mass is 1760 g/mol. The largest absolute Gasteiger partial charge is 3.00 e. The van der Waals surface area contributed by atoms with Crippen LogP contribution in [-0.4, -0.2) is 29.9 Å². The Morgan fingerprint density at radius 1 is 0.164 bits per heavy atom. The molecular formula is C102H62Ir2N6. The molecule has 0 amide bonds. The molecule has 0 radical (unpaired) electrons. The molecule has 0 atom stereocenters. The topological polar surface area (TPSA) is 77.3 Å². The van der Waals surface area contributed by atoms with Crippen molar-refractivity contribution in [2.24, 2.45) is 0 Å². The number of benzene rings is 12. The second-order valence-corrected chi connectivity index (χ2v) is 26.4. The molecule has 6 aromatic heterocycles. The van der Waals surface area contributed by atoms with E-state index in [1.54, 1.807) is 0 Å². The van der Waals surface area contributed by atoms with E-state index in [-0.39, 0.29) is 40.2 Å². The van der Waals surface area contributed by atoms with Crippen LogP contribution < -0.4 is 0 Å². The van der Waals surface area contributed by atoms with Gasteiger partial charge in [-0.3, -0.25) is 0 Å². The molecule has 518 valence electrons. The van der Waals surface area contributed by atoms with Crippen LogP contribution in [0.25, 0.3) is 190 Å². The normalized spacial score (nSPS) is 10.9. The van der Waals surface area contributed by atoms with E-state index in [1.165, 1.54) is 0 Å². The van der Waals surface area contributed by atoms with Crippen LogP contribution in [0.3, 0.4) is 0 Å². The van der Waals surface area contributed by atoms with Crippen molar-refractivity contribution in [3.63, 3.8) is 0 Å². The van der Waals surface area contributed by atoms with Crippen molar-refractivity contribution in [3.8, 4) is 190 Å². The molecule has 0 aliphatic heterocycles. The van der Waals surface area contributed by atoms with E-state index in [1.807, 2.05) is 122 Å². The van der Waals surface area contributed by atoms with Gasteiger partial charge in [0.1, 0.15) is 0 Å². The maximum absolute atomic E-state index is 5.10. The summed E-state index contributed by atoms with van der Waals surface area (Å²) < 4.78 is 0. The third-order valence-corrected chi connectivity index (χ3v) is 19.8. The van der Waals surface area contributed by atoms with Crippen LogP contribution in [0, 0.1) is 36.4 Å². The maximum Gasteiger partial charge on any atom is 3.00 e. The summed E-state index contributed by atoms with van der Waals surface area (Å²) in [5.41, 5.74) is 33.8. The van der Waals surface area contributed by atoms with Crippen molar-refractivity contribution in [2.45, 2.75) is 0 Å². The van der Waals surface area contributed by atoms with Crippen molar-refractivity contribution >= 4 is 0 Å². The van der Waals surface area contributed by atoms with Gasteiger partial charge in [0.05, 0.1) is 0 Å². The first-order chi connectivity index (χ1) is 53.5. The van der Waals surface area contributed by atoms with Crippen LogP contribution in [0.5, 0.6) is 0 Å². The van der Waals surface area contributed by atoms with E-state index in [0.717, 1.165) is 179 Å². The van der Waals surface area contributed by atoms with E-state index in [0.29, 0.717) is 11.4 Å². The van der Waals surface area contributed by atoms with E-state index < -0.39 is 0 Å².